The minimum atomic E-state index is -0.585. The summed E-state index contributed by atoms with van der Waals surface area (Å²) in [5, 5.41) is 5.06. The van der Waals surface area contributed by atoms with Gasteiger partial charge in [-0.25, -0.2) is 4.68 Å². The van der Waals surface area contributed by atoms with Crippen molar-refractivity contribution in [1.29, 1.82) is 0 Å². The molecule has 0 fully saturated rings. The number of aromatic nitrogens is 2. The molecule has 0 unspecified atom stereocenters. The quantitative estimate of drug-likeness (QED) is 0.679. The minimum Gasteiger partial charge on any atom is -0.267 e. The molecule has 2 N–H and O–H groups in total. The van der Waals surface area contributed by atoms with Crippen LogP contribution in [-0.4, -0.2) is 21.6 Å². The fraction of sp³-hybridized carbons (Fsp3) is 0.263. The second-order valence-corrected chi connectivity index (χ2v) is 7.93. The summed E-state index contributed by atoms with van der Waals surface area (Å²) < 4.78 is 1.27. The molecule has 0 spiro atoms. The van der Waals surface area contributed by atoms with Gasteiger partial charge in [0.1, 0.15) is 0 Å². The molecule has 0 aliphatic carbocycles. The van der Waals surface area contributed by atoms with E-state index in [-0.39, 0.29) is 17.3 Å². The smallest absolute Gasteiger partial charge is 0.267 e. The topological polar surface area (TPSA) is 93.1 Å². The van der Waals surface area contributed by atoms with Crippen molar-refractivity contribution in [2.75, 3.05) is 0 Å². The molecule has 27 heavy (non-hydrogen) atoms. The zero-order chi connectivity index (χ0) is 19.7. The second kappa shape index (κ2) is 7.32. The standard InChI is InChI=1S/C19H20N4O3S/c1-10(2)23-19(26)14-8-6-5-7-13(14)16(22-23)18(25)21-20-17(24)15-9-11(3)27-12(15)4/h5-10H,1-4H3,(H,20,24)(H,21,25). The van der Waals surface area contributed by atoms with E-state index in [0.29, 0.717) is 16.3 Å². The molecule has 0 atom stereocenters. The number of aryl methyl sites for hydroxylation is 2. The first kappa shape index (κ1) is 18.8. The van der Waals surface area contributed by atoms with E-state index in [1.165, 1.54) is 16.0 Å². The Bertz CT molecular complexity index is 1100. The predicted molar refractivity (Wildman–Crippen MR) is 105 cm³/mol. The average molecular weight is 384 g/mol. The molecule has 7 nitrogen and oxygen atoms in total. The SMILES string of the molecule is Cc1cc(C(=O)NNC(=O)c2nn(C(C)C)c(=O)c3ccccc23)c(C)s1. The summed E-state index contributed by atoms with van der Waals surface area (Å²) in [6, 6.07) is 8.35. The van der Waals surface area contributed by atoms with E-state index in [1.807, 2.05) is 27.7 Å². The molecule has 8 heteroatoms. The molecule has 0 aliphatic rings. The number of hydrazine groups is 1. The molecule has 140 valence electrons. The normalized spacial score (nSPS) is 11.0. The highest BCUT2D eigenvalue weighted by Gasteiger charge is 2.19. The fourth-order valence-corrected chi connectivity index (χ4v) is 3.74. The number of fused-ring (bicyclic) bond motifs is 1. The van der Waals surface area contributed by atoms with Gasteiger partial charge in [-0.3, -0.25) is 25.2 Å². The monoisotopic (exact) mass is 384 g/mol. The number of thiophene rings is 1. The van der Waals surface area contributed by atoms with Gasteiger partial charge in [0, 0.05) is 15.1 Å². The third-order valence-electron chi connectivity index (χ3n) is 4.11. The highest BCUT2D eigenvalue weighted by molar-refractivity contribution is 7.12. The molecule has 2 heterocycles. The first-order chi connectivity index (χ1) is 12.8. The van der Waals surface area contributed by atoms with Crippen LogP contribution in [0.4, 0.5) is 0 Å². The number of nitrogens with zero attached hydrogens (tertiary/aromatic N) is 2. The first-order valence-electron chi connectivity index (χ1n) is 8.49. The van der Waals surface area contributed by atoms with Crippen LogP contribution >= 0.6 is 11.3 Å². The van der Waals surface area contributed by atoms with Crippen molar-refractivity contribution >= 4 is 33.9 Å². The highest BCUT2D eigenvalue weighted by Crippen LogP contribution is 2.20. The van der Waals surface area contributed by atoms with Crippen molar-refractivity contribution < 1.29 is 9.59 Å². The Labute approximate surface area is 160 Å². The Kier molecular flexibility index (Phi) is 5.09. The minimum absolute atomic E-state index is 0.0809. The Morgan fingerprint density at radius 3 is 2.30 bits per heavy atom. The van der Waals surface area contributed by atoms with Crippen LogP contribution < -0.4 is 16.4 Å². The molecule has 0 saturated heterocycles. The van der Waals surface area contributed by atoms with Gasteiger partial charge in [0.25, 0.3) is 17.4 Å². The fourth-order valence-electron chi connectivity index (χ4n) is 2.82. The van der Waals surface area contributed by atoms with Gasteiger partial charge in [0.2, 0.25) is 0 Å². The van der Waals surface area contributed by atoms with Crippen LogP contribution in [0.3, 0.4) is 0 Å². The van der Waals surface area contributed by atoms with Crippen molar-refractivity contribution in [1.82, 2.24) is 20.6 Å². The third kappa shape index (κ3) is 3.61. The van der Waals surface area contributed by atoms with Crippen LogP contribution in [-0.2, 0) is 0 Å². The summed E-state index contributed by atoms with van der Waals surface area (Å²) in [4.78, 5) is 39.4. The summed E-state index contributed by atoms with van der Waals surface area (Å²) in [7, 11) is 0. The van der Waals surface area contributed by atoms with Gasteiger partial charge in [0.15, 0.2) is 5.69 Å². The number of amides is 2. The predicted octanol–water partition coefficient (Wildman–Crippen LogP) is 2.73. The Hall–Kier alpha value is -3.00. The number of rotatable bonds is 3. The van der Waals surface area contributed by atoms with Gasteiger partial charge in [-0.05, 0) is 39.8 Å². The molecular formula is C19H20N4O3S. The van der Waals surface area contributed by atoms with Crippen LogP contribution in [0.2, 0.25) is 0 Å². The Balaban J connectivity index is 1.92. The van der Waals surface area contributed by atoms with E-state index in [1.54, 1.807) is 30.3 Å². The van der Waals surface area contributed by atoms with Gasteiger partial charge >= 0.3 is 0 Å². The van der Waals surface area contributed by atoms with Crippen LogP contribution in [0.1, 0.15) is 50.5 Å². The van der Waals surface area contributed by atoms with E-state index in [9.17, 15) is 14.4 Å². The second-order valence-electron chi connectivity index (χ2n) is 6.47. The number of carbonyl (C=O) groups excluding carboxylic acids is 2. The largest absolute Gasteiger partial charge is 0.290 e. The summed E-state index contributed by atoms with van der Waals surface area (Å²) in [5.74, 6) is -0.981. The molecule has 0 saturated carbocycles. The highest BCUT2D eigenvalue weighted by atomic mass is 32.1. The maximum absolute atomic E-state index is 12.7. The van der Waals surface area contributed by atoms with Gasteiger partial charge in [-0.1, -0.05) is 18.2 Å². The van der Waals surface area contributed by atoms with Crippen LogP contribution in [0.15, 0.2) is 35.1 Å². The molecule has 2 amide bonds. The number of benzene rings is 1. The number of hydrogen-bond donors (Lipinski definition) is 2. The lowest BCUT2D eigenvalue weighted by molar-refractivity contribution is 0.0843. The Morgan fingerprint density at radius 2 is 1.70 bits per heavy atom. The van der Waals surface area contributed by atoms with E-state index in [4.69, 9.17) is 0 Å². The molecule has 3 aromatic rings. The third-order valence-corrected chi connectivity index (χ3v) is 5.07. The summed E-state index contributed by atoms with van der Waals surface area (Å²) in [6.45, 7) is 7.39. The van der Waals surface area contributed by atoms with E-state index >= 15 is 0 Å². The van der Waals surface area contributed by atoms with Crippen molar-refractivity contribution in [3.8, 4) is 0 Å². The van der Waals surface area contributed by atoms with E-state index < -0.39 is 11.8 Å². The first-order valence-corrected chi connectivity index (χ1v) is 9.30. The average Bonchev–Trinajstić information content (AvgIpc) is 2.98. The van der Waals surface area contributed by atoms with Crippen LogP contribution in [0, 0.1) is 13.8 Å². The Morgan fingerprint density at radius 1 is 1.07 bits per heavy atom. The van der Waals surface area contributed by atoms with Crippen LogP contribution in [0.25, 0.3) is 10.8 Å². The number of hydrogen-bond acceptors (Lipinski definition) is 5. The molecule has 3 rings (SSSR count). The summed E-state index contributed by atoms with van der Waals surface area (Å²) >= 11 is 1.51. The zero-order valence-corrected chi connectivity index (χ0v) is 16.3. The maximum atomic E-state index is 12.7. The molecule has 1 aromatic carbocycles. The van der Waals surface area contributed by atoms with Crippen LogP contribution in [0.5, 0.6) is 0 Å². The number of nitrogens with one attached hydrogen (secondary N) is 2. The zero-order valence-electron chi connectivity index (χ0n) is 15.5. The molecule has 0 radical (unpaired) electrons. The van der Waals surface area contributed by atoms with E-state index in [2.05, 4.69) is 16.0 Å². The van der Waals surface area contributed by atoms with Crippen molar-refractivity contribution in [3.05, 3.63) is 61.7 Å². The molecular weight excluding hydrogens is 364 g/mol. The lowest BCUT2D eigenvalue weighted by atomic mass is 10.1. The molecule has 2 aromatic heterocycles. The van der Waals surface area contributed by atoms with Crippen molar-refractivity contribution in [2.24, 2.45) is 0 Å². The van der Waals surface area contributed by atoms with Gasteiger partial charge < -0.3 is 0 Å². The van der Waals surface area contributed by atoms with E-state index in [0.717, 1.165) is 9.75 Å². The van der Waals surface area contributed by atoms with Gasteiger partial charge in [0.05, 0.1) is 17.0 Å². The molecule has 0 bridgehead atoms. The lowest BCUT2D eigenvalue weighted by Gasteiger charge is -2.13. The number of carbonyl (C=O) groups is 2. The summed E-state index contributed by atoms with van der Waals surface area (Å²) in [5.41, 5.74) is 5.16. The van der Waals surface area contributed by atoms with Crippen molar-refractivity contribution in [2.45, 2.75) is 33.7 Å². The maximum Gasteiger partial charge on any atom is 0.290 e. The van der Waals surface area contributed by atoms with Gasteiger partial charge in [-0.2, -0.15) is 5.10 Å². The van der Waals surface area contributed by atoms with Gasteiger partial charge in [-0.15, -0.1) is 11.3 Å². The molecule has 0 aliphatic heterocycles. The lowest BCUT2D eigenvalue weighted by Crippen LogP contribution is -2.43. The summed E-state index contributed by atoms with van der Waals surface area (Å²) in [6.07, 6.45) is 0. The van der Waals surface area contributed by atoms with Crippen molar-refractivity contribution in [3.63, 3.8) is 0 Å².